The highest BCUT2D eigenvalue weighted by molar-refractivity contribution is 6.30. The van der Waals surface area contributed by atoms with Crippen LogP contribution in [0.4, 0.5) is 0 Å². The number of halogens is 1. The van der Waals surface area contributed by atoms with Crippen molar-refractivity contribution in [1.29, 1.82) is 0 Å². The molecule has 0 aliphatic heterocycles. The van der Waals surface area contributed by atoms with Crippen molar-refractivity contribution in [2.45, 2.75) is 25.3 Å². The Kier molecular flexibility index (Phi) is 3.25. The lowest BCUT2D eigenvalue weighted by Crippen LogP contribution is -2.22. The highest BCUT2D eigenvalue weighted by Crippen LogP contribution is 2.40. The van der Waals surface area contributed by atoms with Crippen LogP contribution in [-0.4, -0.2) is 11.1 Å². The lowest BCUT2D eigenvalue weighted by molar-refractivity contribution is 0.0941. The highest BCUT2D eigenvalue weighted by atomic mass is 35.5. The Morgan fingerprint density at radius 2 is 2.11 bits per heavy atom. The fraction of sp³-hybridized carbons (Fsp3) is 0.286. The van der Waals surface area contributed by atoms with Gasteiger partial charge < -0.3 is 9.84 Å². The zero-order valence-corrected chi connectivity index (χ0v) is 11.0. The molecule has 1 aliphatic carbocycles. The van der Waals surface area contributed by atoms with Crippen LogP contribution in [0.2, 0.25) is 5.02 Å². The molecule has 0 radical (unpaired) electrons. The molecule has 0 atom stereocenters. The maximum atomic E-state index is 11.9. The van der Waals surface area contributed by atoms with E-state index in [1.54, 1.807) is 18.2 Å². The molecule has 0 unspecified atom stereocenters. The van der Waals surface area contributed by atoms with E-state index < -0.39 is 0 Å². The van der Waals surface area contributed by atoms with Crippen LogP contribution in [0.15, 0.2) is 34.9 Å². The highest BCUT2D eigenvalue weighted by Gasteiger charge is 2.28. The molecular weight excluding hydrogens is 264 g/mol. The second kappa shape index (κ2) is 5.05. The van der Waals surface area contributed by atoms with Crippen molar-refractivity contribution >= 4 is 17.5 Å². The van der Waals surface area contributed by atoms with E-state index in [2.05, 4.69) is 10.5 Å². The summed E-state index contributed by atoms with van der Waals surface area (Å²) in [6.45, 7) is 0.446. The average Bonchev–Trinajstić information content (AvgIpc) is 3.15. The first kappa shape index (κ1) is 12.2. The van der Waals surface area contributed by atoms with Crippen molar-refractivity contribution in [2.75, 3.05) is 0 Å². The SMILES string of the molecule is O=C(NCc1ccc(Cl)cc1)c1cc(C2CC2)on1. The molecule has 19 heavy (non-hydrogen) atoms. The summed E-state index contributed by atoms with van der Waals surface area (Å²) in [4.78, 5) is 11.9. The van der Waals surface area contributed by atoms with E-state index in [9.17, 15) is 4.79 Å². The monoisotopic (exact) mass is 276 g/mol. The second-order valence-electron chi connectivity index (χ2n) is 4.70. The van der Waals surface area contributed by atoms with Crippen LogP contribution < -0.4 is 5.32 Å². The van der Waals surface area contributed by atoms with Gasteiger partial charge in [0.15, 0.2) is 5.69 Å². The summed E-state index contributed by atoms with van der Waals surface area (Å²) < 4.78 is 5.15. The Labute approximate surface area is 115 Å². The molecule has 1 N–H and O–H groups in total. The van der Waals surface area contributed by atoms with Gasteiger partial charge in [0.25, 0.3) is 5.91 Å². The first-order valence-electron chi connectivity index (χ1n) is 6.21. The summed E-state index contributed by atoms with van der Waals surface area (Å²) in [5, 5.41) is 7.28. The van der Waals surface area contributed by atoms with Gasteiger partial charge in [0, 0.05) is 23.6 Å². The third kappa shape index (κ3) is 2.96. The van der Waals surface area contributed by atoms with E-state index in [4.69, 9.17) is 16.1 Å². The molecule has 3 rings (SSSR count). The first-order chi connectivity index (χ1) is 9.22. The first-order valence-corrected chi connectivity index (χ1v) is 6.59. The topological polar surface area (TPSA) is 55.1 Å². The van der Waals surface area contributed by atoms with Crippen molar-refractivity contribution in [2.24, 2.45) is 0 Å². The van der Waals surface area contributed by atoms with Gasteiger partial charge in [-0.2, -0.15) is 0 Å². The Morgan fingerprint density at radius 1 is 1.37 bits per heavy atom. The lowest BCUT2D eigenvalue weighted by atomic mass is 10.2. The van der Waals surface area contributed by atoms with Crippen LogP contribution in [0.1, 0.15) is 40.6 Å². The van der Waals surface area contributed by atoms with Crippen LogP contribution in [0.25, 0.3) is 0 Å². The summed E-state index contributed by atoms with van der Waals surface area (Å²) in [6.07, 6.45) is 2.25. The largest absolute Gasteiger partial charge is 0.360 e. The van der Waals surface area contributed by atoms with Gasteiger partial charge in [0.2, 0.25) is 0 Å². The van der Waals surface area contributed by atoms with Crippen LogP contribution in [0, 0.1) is 0 Å². The number of rotatable bonds is 4. The zero-order chi connectivity index (χ0) is 13.2. The van der Waals surface area contributed by atoms with Crippen molar-refractivity contribution in [3.63, 3.8) is 0 Å². The van der Waals surface area contributed by atoms with E-state index in [1.165, 1.54) is 0 Å². The quantitative estimate of drug-likeness (QED) is 0.933. The number of hydrogen-bond acceptors (Lipinski definition) is 3. The number of carbonyl (C=O) groups is 1. The second-order valence-corrected chi connectivity index (χ2v) is 5.13. The predicted molar refractivity (Wildman–Crippen MR) is 71.1 cm³/mol. The number of carbonyl (C=O) groups excluding carboxylic acids is 1. The van der Waals surface area contributed by atoms with Gasteiger partial charge in [-0.1, -0.05) is 28.9 Å². The summed E-state index contributed by atoms with van der Waals surface area (Å²) in [7, 11) is 0. The number of benzene rings is 1. The van der Waals surface area contributed by atoms with Gasteiger partial charge >= 0.3 is 0 Å². The minimum Gasteiger partial charge on any atom is -0.360 e. The Balaban J connectivity index is 1.59. The molecule has 4 nitrogen and oxygen atoms in total. The molecule has 1 aliphatic rings. The zero-order valence-electron chi connectivity index (χ0n) is 10.2. The third-order valence-corrected chi connectivity index (χ3v) is 3.36. The molecule has 5 heteroatoms. The molecule has 1 saturated carbocycles. The molecule has 1 aromatic carbocycles. The van der Waals surface area contributed by atoms with Gasteiger partial charge in [-0.05, 0) is 30.5 Å². The van der Waals surface area contributed by atoms with Crippen molar-refractivity contribution < 1.29 is 9.32 Å². The summed E-state index contributed by atoms with van der Waals surface area (Å²) >= 11 is 5.80. The van der Waals surface area contributed by atoms with Gasteiger partial charge in [-0.15, -0.1) is 0 Å². The van der Waals surface area contributed by atoms with Crippen LogP contribution in [0.3, 0.4) is 0 Å². The number of nitrogens with zero attached hydrogens (tertiary/aromatic N) is 1. The number of hydrogen-bond donors (Lipinski definition) is 1. The van der Waals surface area contributed by atoms with Crippen LogP contribution >= 0.6 is 11.6 Å². The van der Waals surface area contributed by atoms with Gasteiger partial charge in [0.05, 0.1) is 0 Å². The average molecular weight is 277 g/mol. The summed E-state index contributed by atoms with van der Waals surface area (Å²) in [6, 6.07) is 9.08. The standard InChI is InChI=1S/C14H13ClN2O2/c15-11-5-1-9(2-6-11)8-16-14(18)12-7-13(19-17-12)10-3-4-10/h1-2,5-7,10H,3-4,8H2,(H,16,18). The van der Waals surface area contributed by atoms with Crippen molar-refractivity contribution in [3.05, 3.63) is 52.4 Å². The lowest BCUT2D eigenvalue weighted by Gasteiger charge is -2.02. The molecule has 0 saturated heterocycles. The maximum Gasteiger partial charge on any atom is 0.273 e. The van der Waals surface area contributed by atoms with E-state index in [-0.39, 0.29) is 5.91 Å². The smallest absolute Gasteiger partial charge is 0.273 e. The van der Waals surface area contributed by atoms with Gasteiger partial charge in [-0.3, -0.25) is 4.79 Å². The number of amides is 1. The third-order valence-electron chi connectivity index (χ3n) is 3.11. The maximum absolute atomic E-state index is 11.9. The fourth-order valence-corrected chi connectivity index (χ4v) is 1.96. The van der Waals surface area contributed by atoms with E-state index in [0.29, 0.717) is 23.2 Å². The number of aromatic nitrogens is 1. The van der Waals surface area contributed by atoms with Crippen molar-refractivity contribution in [3.8, 4) is 0 Å². The molecule has 1 heterocycles. The van der Waals surface area contributed by atoms with Gasteiger partial charge in [0.1, 0.15) is 5.76 Å². The minimum atomic E-state index is -0.217. The molecular formula is C14H13ClN2O2. The molecule has 1 amide bonds. The molecule has 1 fully saturated rings. The van der Waals surface area contributed by atoms with Crippen molar-refractivity contribution in [1.82, 2.24) is 10.5 Å². The van der Waals surface area contributed by atoms with Crippen LogP contribution in [-0.2, 0) is 6.54 Å². The molecule has 0 spiro atoms. The number of nitrogens with one attached hydrogen (secondary N) is 1. The van der Waals surface area contributed by atoms with E-state index in [1.807, 2.05) is 12.1 Å². The van der Waals surface area contributed by atoms with E-state index >= 15 is 0 Å². The summed E-state index contributed by atoms with van der Waals surface area (Å²) in [5.41, 5.74) is 1.33. The normalized spacial score (nSPS) is 14.4. The van der Waals surface area contributed by atoms with Crippen LogP contribution in [0.5, 0.6) is 0 Å². The molecule has 98 valence electrons. The minimum absolute atomic E-state index is 0.217. The van der Waals surface area contributed by atoms with E-state index in [0.717, 1.165) is 24.2 Å². The molecule has 1 aromatic heterocycles. The Morgan fingerprint density at radius 3 is 2.79 bits per heavy atom. The fourth-order valence-electron chi connectivity index (χ4n) is 1.83. The summed E-state index contributed by atoms with van der Waals surface area (Å²) in [5.74, 6) is 1.06. The molecule has 2 aromatic rings. The Hall–Kier alpha value is -1.81. The molecule has 0 bridgehead atoms. The Bertz CT molecular complexity index is 588. The predicted octanol–water partition coefficient (Wildman–Crippen LogP) is 3.14. The van der Waals surface area contributed by atoms with Gasteiger partial charge in [-0.25, -0.2) is 0 Å².